The second kappa shape index (κ2) is 7.70. The summed E-state index contributed by atoms with van der Waals surface area (Å²) < 4.78 is 2.01. The van der Waals surface area contributed by atoms with Crippen LogP contribution in [0.5, 0.6) is 0 Å². The summed E-state index contributed by atoms with van der Waals surface area (Å²) >= 11 is 5.51. The molecule has 134 valence electrons. The molecular formula is C21H24N4S. The van der Waals surface area contributed by atoms with Crippen molar-refractivity contribution in [1.29, 1.82) is 0 Å². The van der Waals surface area contributed by atoms with E-state index in [4.69, 9.17) is 12.2 Å². The second-order valence-electron chi connectivity index (χ2n) is 6.59. The van der Waals surface area contributed by atoms with E-state index >= 15 is 0 Å². The molecule has 2 N–H and O–H groups in total. The van der Waals surface area contributed by atoms with Crippen LogP contribution in [0.1, 0.15) is 28.1 Å². The fourth-order valence-electron chi connectivity index (χ4n) is 3.01. The van der Waals surface area contributed by atoms with E-state index in [1.165, 1.54) is 16.7 Å². The molecule has 0 amide bonds. The van der Waals surface area contributed by atoms with Gasteiger partial charge in [-0.05, 0) is 57.1 Å². The number of anilines is 2. The maximum Gasteiger partial charge on any atom is 0.175 e. The third-order valence-corrected chi connectivity index (χ3v) is 4.63. The van der Waals surface area contributed by atoms with E-state index in [0.717, 1.165) is 29.3 Å². The summed E-state index contributed by atoms with van der Waals surface area (Å²) in [6.07, 6.45) is 0. The largest absolute Gasteiger partial charge is 0.332 e. The number of thiocarbonyl (C=S) groups is 1. The van der Waals surface area contributed by atoms with Crippen molar-refractivity contribution < 1.29 is 0 Å². The van der Waals surface area contributed by atoms with E-state index in [-0.39, 0.29) is 0 Å². The predicted octanol–water partition coefficient (Wildman–Crippen LogP) is 4.97. The van der Waals surface area contributed by atoms with Crippen LogP contribution in [0.2, 0.25) is 0 Å². The van der Waals surface area contributed by atoms with Crippen molar-refractivity contribution in [1.82, 2.24) is 9.78 Å². The molecule has 0 spiro atoms. The first-order chi connectivity index (χ1) is 12.4. The Morgan fingerprint density at radius 3 is 2.42 bits per heavy atom. The fraction of sp³-hybridized carbons (Fsp3) is 0.238. The molecule has 5 heteroatoms. The highest BCUT2D eigenvalue weighted by atomic mass is 32.1. The van der Waals surface area contributed by atoms with Gasteiger partial charge in [0, 0.05) is 5.69 Å². The summed E-state index contributed by atoms with van der Waals surface area (Å²) in [6.45, 7) is 8.96. The Morgan fingerprint density at radius 1 is 1.00 bits per heavy atom. The van der Waals surface area contributed by atoms with Crippen LogP contribution in [0.25, 0.3) is 0 Å². The SMILES string of the molecule is Cc1ccc(NC(=S)Nc2c(C)nn(Cc3ccccc3)c2C)c(C)c1. The molecule has 0 aliphatic heterocycles. The summed E-state index contributed by atoms with van der Waals surface area (Å²) in [6, 6.07) is 16.6. The number of hydrogen-bond acceptors (Lipinski definition) is 2. The van der Waals surface area contributed by atoms with E-state index < -0.39 is 0 Å². The average Bonchev–Trinajstić information content (AvgIpc) is 2.86. The molecule has 1 heterocycles. The van der Waals surface area contributed by atoms with Crippen LogP contribution in [-0.4, -0.2) is 14.9 Å². The summed E-state index contributed by atoms with van der Waals surface area (Å²) in [5, 5.41) is 11.8. The van der Waals surface area contributed by atoms with Crippen LogP contribution in [0.3, 0.4) is 0 Å². The first-order valence-corrected chi connectivity index (χ1v) is 9.08. The van der Waals surface area contributed by atoms with Gasteiger partial charge >= 0.3 is 0 Å². The Labute approximate surface area is 160 Å². The van der Waals surface area contributed by atoms with Crippen molar-refractivity contribution in [2.75, 3.05) is 10.6 Å². The molecule has 2 aromatic carbocycles. The normalized spacial score (nSPS) is 10.6. The molecule has 3 aromatic rings. The molecule has 0 aliphatic rings. The lowest BCUT2D eigenvalue weighted by atomic mass is 10.1. The zero-order chi connectivity index (χ0) is 18.7. The van der Waals surface area contributed by atoms with E-state index in [9.17, 15) is 0 Å². The molecule has 0 aliphatic carbocycles. The van der Waals surface area contributed by atoms with Crippen LogP contribution in [0, 0.1) is 27.7 Å². The molecule has 26 heavy (non-hydrogen) atoms. The van der Waals surface area contributed by atoms with Crippen LogP contribution >= 0.6 is 12.2 Å². The van der Waals surface area contributed by atoms with Gasteiger partial charge in [0.1, 0.15) is 0 Å². The van der Waals surface area contributed by atoms with Crippen LogP contribution < -0.4 is 10.6 Å². The number of nitrogens with zero attached hydrogens (tertiary/aromatic N) is 2. The fourth-order valence-corrected chi connectivity index (χ4v) is 3.22. The minimum absolute atomic E-state index is 0.572. The number of hydrogen-bond donors (Lipinski definition) is 2. The second-order valence-corrected chi connectivity index (χ2v) is 6.99. The molecule has 4 nitrogen and oxygen atoms in total. The highest BCUT2D eigenvalue weighted by Gasteiger charge is 2.13. The van der Waals surface area contributed by atoms with Crippen molar-refractivity contribution in [3.8, 4) is 0 Å². The van der Waals surface area contributed by atoms with Gasteiger partial charge in [-0.1, -0.05) is 48.0 Å². The predicted molar refractivity (Wildman–Crippen MR) is 113 cm³/mol. The first-order valence-electron chi connectivity index (χ1n) is 8.67. The van der Waals surface area contributed by atoms with E-state index in [2.05, 4.69) is 66.8 Å². The van der Waals surface area contributed by atoms with Gasteiger partial charge in [-0.2, -0.15) is 5.10 Å². The lowest BCUT2D eigenvalue weighted by molar-refractivity contribution is 0.659. The van der Waals surface area contributed by atoms with Gasteiger partial charge in [0.15, 0.2) is 5.11 Å². The van der Waals surface area contributed by atoms with Crippen LogP contribution in [-0.2, 0) is 6.54 Å². The van der Waals surface area contributed by atoms with E-state index in [1.807, 2.05) is 29.8 Å². The first kappa shape index (κ1) is 18.1. The van der Waals surface area contributed by atoms with Crippen molar-refractivity contribution in [2.45, 2.75) is 34.2 Å². The Morgan fingerprint density at radius 2 is 1.73 bits per heavy atom. The van der Waals surface area contributed by atoms with Gasteiger partial charge in [0.2, 0.25) is 0 Å². The van der Waals surface area contributed by atoms with Gasteiger partial charge < -0.3 is 10.6 Å². The molecule has 0 unspecified atom stereocenters. The number of nitrogens with one attached hydrogen (secondary N) is 2. The molecule has 0 saturated heterocycles. The zero-order valence-corrected chi connectivity index (χ0v) is 16.4. The molecule has 0 bridgehead atoms. The quantitative estimate of drug-likeness (QED) is 0.641. The van der Waals surface area contributed by atoms with Crippen molar-refractivity contribution in [3.63, 3.8) is 0 Å². The lowest BCUT2D eigenvalue weighted by Crippen LogP contribution is -2.20. The topological polar surface area (TPSA) is 41.9 Å². The Hall–Kier alpha value is -2.66. The molecule has 0 atom stereocenters. The minimum atomic E-state index is 0.572. The zero-order valence-electron chi connectivity index (χ0n) is 15.6. The van der Waals surface area contributed by atoms with Gasteiger partial charge in [-0.25, -0.2) is 0 Å². The number of rotatable bonds is 4. The lowest BCUT2D eigenvalue weighted by Gasteiger charge is -2.13. The van der Waals surface area contributed by atoms with Gasteiger partial charge in [-0.3, -0.25) is 4.68 Å². The summed E-state index contributed by atoms with van der Waals surface area (Å²) in [5.41, 5.74) is 7.60. The monoisotopic (exact) mass is 364 g/mol. The smallest absolute Gasteiger partial charge is 0.175 e. The molecule has 0 fully saturated rings. The molecule has 0 saturated carbocycles. The van der Waals surface area contributed by atoms with Crippen LogP contribution in [0.15, 0.2) is 48.5 Å². The number of aryl methyl sites for hydroxylation is 3. The summed E-state index contributed by atoms with van der Waals surface area (Å²) in [7, 11) is 0. The molecule has 1 aromatic heterocycles. The van der Waals surface area contributed by atoms with Crippen molar-refractivity contribution in [2.24, 2.45) is 0 Å². The molecule has 3 rings (SSSR count). The summed E-state index contributed by atoms with van der Waals surface area (Å²) in [5.74, 6) is 0. The van der Waals surface area contributed by atoms with E-state index in [0.29, 0.717) is 5.11 Å². The van der Waals surface area contributed by atoms with Crippen molar-refractivity contribution >= 4 is 28.7 Å². The molecular weight excluding hydrogens is 340 g/mol. The highest BCUT2D eigenvalue weighted by Crippen LogP contribution is 2.22. The maximum absolute atomic E-state index is 5.51. The standard InChI is InChI=1S/C21H24N4S/c1-14-10-11-19(15(2)12-14)22-21(26)23-20-16(3)24-25(17(20)4)13-18-8-6-5-7-9-18/h5-12H,13H2,1-4H3,(H2,22,23,26). The Kier molecular flexibility index (Phi) is 5.38. The van der Waals surface area contributed by atoms with Gasteiger partial charge in [-0.15, -0.1) is 0 Å². The number of aromatic nitrogens is 2. The Bertz CT molecular complexity index is 929. The Balaban J connectivity index is 1.74. The maximum atomic E-state index is 5.51. The highest BCUT2D eigenvalue weighted by molar-refractivity contribution is 7.80. The number of benzene rings is 2. The minimum Gasteiger partial charge on any atom is -0.332 e. The van der Waals surface area contributed by atoms with Gasteiger partial charge in [0.05, 0.1) is 23.6 Å². The molecule has 0 radical (unpaired) electrons. The summed E-state index contributed by atoms with van der Waals surface area (Å²) in [4.78, 5) is 0. The third kappa shape index (κ3) is 4.11. The van der Waals surface area contributed by atoms with Gasteiger partial charge in [0.25, 0.3) is 0 Å². The average molecular weight is 365 g/mol. The van der Waals surface area contributed by atoms with Crippen LogP contribution in [0.4, 0.5) is 11.4 Å². The van der Waals surface area contributed by atoms with E-state index in [1.54, 1.807) is 0 Å². The van der Waals surface area contributed by atoms with Crippen molar-refractivity contribution in [3.05, 3.63) is 76.6 Å². The third-order valence-electron chi connectivity index (χ3n) is 4.43.